The molecule has 0 atom stereocenters. The summed E-state index contributed by atoms with van der Waals surface area (Å²) in [4.78, 5) is 2.64. The minimum absolute atomic E-state index is 0.0538. The third-order valence-electron chi connectivity index (χ3n) is 2.28. The van der Waals surface area contributed by atoms with Gasteiger partial charge in [0.15, 0.2) is 0 Å². The zero-order valence-electron chi connectivity index (χ0n) is 9.35. The third-order valence-corrected chi connectivity index (χ3v) is 2.28. The molecule has 0 bridgehead atoms. The predicted octanol–water partition coefficient (Wildman–Crippen LogP) is 4.33. The highest BCUT2D eigenvalue weighted by Gasteiger charge is 2.09. The number of rotatable bonds is 5. The monoisotopic (exact) mass is 223 g/mol. The Morgan fingerprint density at radius 3 is 2.69 bits per heavy atom. The van der Waals surface area contributed by atoms with E-state index in [0.29, 0.717) is 5.75 Å². The Hall–Kier alpha value is -1.74. The highest BCUT2D eigenvalue weighted by atomic mass is 19.1. The molecule has 86 valence electrons. The fourth-order valence-electron chi connectivity index (χ4n) is 1.35. The van der Waals surface area contributed by atoms with Gasteiger partial charge >= 0.3 is 0 Å². The standard InChI is InChI=1S/C11H14FN3O/c1-3-9(4-2)16-11-6-5-8(12)7-10(11)14-15-13/h5-7,9H,3-4H2,1-2H3. The van der Waals surface area contributed by atoms with Gasteiger partial charge in [0, 0.05) is 4.91 Å². The number of benzene rings is 1. The number of hydrogen-bond acceptors (Lipinski definition) is 2. The van der Waals surface area contributed by atoms with Crippen molar-refractivity contribution in [3.05, 3.63) is 34.5 Å². The van der Waals surface area contributed by atoms with Gasteiger partial charge in [-0.2, -0.15) is 0 Å². The maximum atomic E-state index is 12.9. The number of nitrogens with zero attached hydrogens (tertiary/aromatic N) is 3. The Kier molecular flexibility index (Phi) is 4.61. The van der Waals surface area contributed by atoms with Crippen LogP contribution in [0.5, 0.6) is 5.75 Å². The molecule has 5 heteroatoms. The summed E-state index contributed by atoms with van der Waals surface area (Å²) in [6.07, 6.45) is 1.76. The molecule has 0 unspecified atom stereocenters. The van der Waals surface area contributed by atoms with Gasteiger partial charge in [0.2, 0.25) is 0 Å². The summed E-state index contributed by atoms with van der Waals surface area (Å²) in [7, 11) is 0. The molecule has 0 radical (unpaired) electrons. The third kappa shape index (κ3) is 3.14. The van der Waals surface area contributed by atoms with Crippen molar-refractivity contribution in [3.63, 3.8) is 0 Å². The topological polar surface area (TPSA) is 58.0 Å². The molecular weight excluding hydrogens is 209 g/mol. The average Bonchev–Trinajstić information content (AvgIpc) is 2.29. The molecule has 1 aromatic carbocycles. The van der Waals surface area contributed by atoms with Crippen LogP contribution < -0.4 is 4.74 Å². The van der Waals surface area contributed by atoms with Crippen LogP contribution in [0.2, 0.25) is 0 Å². The van der Waals surface area contributed by atoms with Crippen LogP contribution >= 0.6 is 0 Å². The molecule has 0 heterocycles. The highest BCUT2D eigenvalue weighted by molar-refractivity contribution is 5.51. The van der Waals surface area contributed by atoms with Crippen LogP contribution in [0.25, 0.3) is 10.4 Å². The van der Waals surface area contributed by atoms with E-state index in [1.54, 1.807) is 0 Å². The van der Waals surface area contributed by atoms with Gasteiger partial charge in [0.25, 0.3) is 0 Å². The maximum Gasteiger partial charge on any atom is 0.129 e. The fraction of sp³-hybridized carbons (Fsp3) is 0.455. The predicted molar refractivity (Wildman–Crippen MR) is 60.2 cm³/mol. The van der Waals surface area contributed by atoms with Crippen molar-refractivity contribution in [2.45, 2.75) is 32.8 Å². The zero-order chi connectivity index (χ0) is 12.0. The summed E-state index contributed by atoms with van der Waals surface area (Å²) in [6.45, 7) is 4.01. The van der Waals surface area contributed by atoms with Gasteiger partial charge in [0.1, 0.15) is 11.6 Å². The molecule has 0 amide bonds. The van der Waals surface area contributed by atoms with E-state index >= 15 is 0 Å². The second kappa shape index (κ2) is 5.98. The molecule has 0 aromatic heterocycles. The second-order valence-corrected chi connectivity index (χ2v) is 3.36. The number of azide groups is 1. The number of hydrogen-bond donors (Lipinski definition) is 0. The first-order chi connectivity index (χ1) is 7.71. The lowest BCUT2D eigenvalue weighted by Crippen LogP contribution is -2.13. The molecular formula is C11H14FN3O. The SMILES string of the molecule is CCC(CC)Oc1ccc(F)cc1N=[N+]=[N-]. The molecule has 0 spiro atoms. The lowest BCUT2D eigenvalue weighted by Gasteiger charge is -2.16. The van der Waals surface area contributed by atoms with E-state index in [9.17, 15) is 4.39 Å². The lowest BCUT2D eigenvalue weighted by molar-refractivity contribution is 0.193. The molecule has 0 aliphatic heterocycles. The van der Waals surface area contributed by atoms with Gasteiger partial charge in [-0.1, -0.05) is 19.0 Å². The van der Waals surface area contributed by atoms with Gasteiger partial charge in [0.05, 0.1) is 11.8 Å². The van der Waals surface area contributed by atoms with Crippen LogP contribution in [-0.2, 0) is 0 Å². The van der Waals surface area contributed by atoms with Crippen LogP contribution in [0.4, 0.5) is 10.1 Å². The van der Waals surface area contributed by atoms with Crippen molar-refractivity contribution in [2.75, 3.05) is 0 Å². The molecule has 4 nitrogen and oxygen atoms in total. The van der Waals surface area contributed by atoms with Crippen molar-refractivity contribution >= 4 is 5.69 Å². The summed E-state index contributed by atoms with van der Waals surface area (Å²) >= 11 is 0. The van der Waals surface area contributed by atoms with Gasteiger partial charge in [-0.15, -0.1) is 0 Å². The minimum Gasteiger partial charge on any atom is -0.490 e. The van der Waals surface area contributed by atoms with E-state index in [1.165, 1.54) is 12.1 Å². The first-order valence-corrected chi connectivity index (χ1v) is 5.22. The normalized spacial score (nSPS) is 10.0. The van der Waals surface area contributed by atoms with Gasteiger partial charge < -0.3 is 4.74 Å². The van der Waals surface area contributed by atoms with E-state index in [0.717, 1.165) is 18.9 Å². The molecule has 0 fully saturated rings. The summed E-state index contributed by atoms with van der Waals surface area (Å²) < 4.78 is 18.6. The van der Waals surface area contributed by atoms with Crippen molar-refractivity contribution in [3.8, 4) is 5.75 Å². The van der Waals surface area contributed by atoms with Crippen molar-refractivity contribution in [2.24, 2.45) is 5.11 Å². The van der Waals surface area contributed by atoms with Crippen molar-refractivity contribution in [1.29, 1.82) is 0 Å². The molecule has 0 saturated carbocycles. The molecule has 1 aromatic rings. The molecule has 0 aliphatic carbocycles. The first kappa shape index (κ1) is 12.3. The molecule has 16 heavy (non-hydrogen) atoms. The smallest absolute Gasteiger partial charge is 0.129 e. The average molecular weight is 223 g/mol. The van der Waals surface area contributed by atoms with E-state index in [1.807, 2.05) is 13.8 Å². The number of ether oxygens (including phenoxy) is 1. The van der Waals surface area contributed by atoms with Crippen molar-refractivity contribution in [1.82, 2.24) is 0 Å². The van der Waals surface area contributed by atoms with E-state index < -0.39 is 5.82 Å². The van der Waals surface area contributed by atoms with Crippen molar-refractivity contribution < 1.29 is 9.13 Å². The number of halogens is 1. The Labute approximate surface area is 93.7 Å². The molecule has 1 rings (SSSR count). The Morgan fingerprint density at radius 2 is 2.12 bits per heavy atom. The van der Waals surface area contributed by atoms with Gasteiger partial charge in [-0.3, -0.25) is 0 Å². The van der Waals surface area contributed by atoms with Crippen LogP contribution in [0.1, 0.15) is 26.7 Å². The minimum atomic E-state index is -0.445. The summed E-state index contributed by atoms with van der Waals surface area (Å²) in [5.74, 6) is -0.0211. The summed E-state index contributed by atoms with van der Waals surface area (Å²) in [5.41, 5.74) is 8.55. The second-order valence-electron chi connectivity index (χ2n) is 3.36. The Balaban J connectivity index is 2.98. The Bertz CT molecular complexity index is 398. The summed E-state index contributed by atoms with van der Waals surface area (Å²) in [6, 6.07) is 3.93. The maximum absolute atomic E-state index is 12.9. The molecule has 0 saturated heterocycles. The van der Waals surface area contributed by atoms with E-state index in [2.05, 4.69) is 10.0 Å². The molecule has 0 aliphatic rings. The fourth-order valence-corrected chi connectivity index (χ4v) is 1.35. The van der Waals surface area contributed by atoms with Gasteiger partial charge in [-0.05, 0) is 36.6 Å². The largest absolute Gasteiger partial charge is 0.490 e. The first-order valence-electron chi connectivity index (χ1n) is 5.22. The van der Waals surface area contributed by atoms with Crippen LogP contribution in [-0.4, -0.2) is 6.10 Å². The Morgan fingerprint density at radius 1 is 1.44 bits per heavy atom. The van der Waals surface area contributed by atoms with Crippen LogP contribution in [0, 0.1) is 5.82 Å². The van der Waals surface area contributed by atoms with E-state index in [4.69, 9.17) is 10.3 Å². The van der Waals surface area contributed by atoms with E-state index in [-0.39, 0.29) is 11.8 Å². The van der Waals surface area contributed by atoms with Crippen LogP contribution in [0.3, 0.4) is 0 Å². The lowest BCUT2D eigenvalue weighted by atomic mass is 10.2. The molecule has 0 N–H and O–H groups in total. The zero-order valence-corrected chi connectivity index (χ0v) is 9.35. The summed E-state index contributed by atoms with van der Waals surface area (Å²) in [5, 5.41) is 3.40. The van der Waals surface area contributed by atoms with Gasteiger partial charge in [-0.25, -0.2) is 4.39 Å². The highest BCUT2D eigenvalue weighted by Crippen LogP contribution is 2.30. The quantitative estimate of drug-likeness (QED) is 0.416. The van der Waals surface area contributed by atoms with Crippen LogP contribution in [0.15, 0.2) is 23.3 Å².